The smallest absolute Gasteiger partial charge is 0.330 e. The summed E-state index contributed by atoms with van der Waals surface area (Å²) in [5.74, 6) is 0.164. The molecule has 2 atom stereocenters. The van der Waals surface area contributed by atoms with Crippen LogP contribution in [0.5, 0.6) is 0 Å². The summed E-state index contributed by atoms with van der Waals surface area (Å²) in [6.07, 6.45) is 4.69. The molecule has 0 unspecified atom stereocenters. The average molecular weight is 392 g/mol. The average Bonchev–Trinajstić information content (AvgIpc) is 2.99. The minimum atomic E-state index is -0.771. The van der Waals surface area contributed by atoms with Crippen LogP contribution in [0.1, 0.15) is 70.4 Å². The Morgan fingerprint density at radius 3 is 2.81 bits per heavy atom. The summed E-state index contributed by atoms with van der Waals surface area (Å²) in [6.45, 7) is 10.9. The Hall–Kier alpha value is -1.76. The summed E-state index contributed by atoms with van der Waals surface area (Å²) in [6, 6.07) is -0.771. The van der Waals surface area contributed by atoms with Crippen LogP contribution in [-0.2, 0) is 22.4 Å². The minimum Gasteiger partial charge on any atom is -0.464 e. The zero-order valence-corrected chi connectivity index (χ0v) is 17.7. The summed E-state index contributed by atoms with van der Waals surface area (Å²) in [4.78, 5) is 27.2. The molecule has 2 aromatic heterocycles. The van der Waals surface area contributed by atoms with Crippen LogP contribution in [0.2, 0.25) is 0 Å². The van der Waals surface area contributed by atoms with Crippen molar-refractivity contribution in [2.24, 2.45) is 11.3 Å². The minimum absolute atomic E-state index is 0.230. The first-order valence-electron chi connectivity index (χ1n) is 9.80. The number of thiophene rings is 1. The summed E-state index contributed by atoms with van der Waals surface area (Å²) < 4.78 is 6.43. The van der Waals surface area contributed by atoms with Crippen LogP contribution in [0.15, 0.2) is 4.79 Å². The zero-order valence-electron chi connectivity index (χ0n) is 16.9. The SMILES string of the molecule is CCCCOC(=O)[C@@H](C)n1nnc2sc3c(c2c1=O)CC[C@H](C(C)(C)C)C3. The monoisotopic (exact) mass is 391 g/mol. The highest BCUT2D eigenvalue weighted by molar-refractivity contribution is 7.18. The van der Waals surface area contributed by atoms with Gasteiger partial charge in [0.2, 0.25) is 0 Å². The van der Waals surface area contributed by atoms with Crippen LogP contribution >= 0.6 is 11.3 Å². The summed E-state index contributed by atoms with van der Waals surface area (Å²) >= 11 is 1.58. The number of carbonyl (C=O) groups is 1. The summed E-state index contributed by atoms with van der Waals surface area (Å²) in [7, 11) is 0. The fourth-order valence-electron chi connectivity index (χ4n) is 3.64. The lowest BCUT2D eigenvalue weighted by Crippen LogP contribution is -2.33. The van der Waals surface area contributed by atoms with Gasteiger partial charge >= 0.3 is 5.97 Å². The van der Waals surface area contributed by atoms with Crippen molar-refractivity contribution >= 4 is 27.5 Å². The Kier molecular flexibility index (Phi) is 5.70. The van der Waals surface area contributed by atoms with Crippen molar-refractivity contribution < 1.29 is 9.53 Å². The molecule has 7 heteroatoms. The molecule has 1 aliphatic rings. The van der Waals surface area contributed by atoms with E-state index in [1.54, 1.807) is 18.3 Å². The van der Waals surface area contributed by atoms with Gasteiger partial charge in [0, 0.05) is 4.88 Å². The van der Waals surface area contributed by atoms with Crippen molar-refractivity contribution in [3.63, 3.8) is 0 Å². The van der Waals surface area contributed by atoms with E-state index in [4.69, 9.17) is 4.74 Å². The fourth-order valence-corrected chi connectivity index (χ4v) is 4.87. The Bertz CT molecular complexity index is 894. The molecule has 0 spiro atoms. The van der Waals surface area contributed by atoms with E-state index >= 15 is 0 Å². The number of hydrogen-bond donors (Lipinski definition) is 0. The summed E-state index contributed by atoms with van der Waals surface area (Å²) in [5.41, 5.74) is 1.12. The predicted molar refractivity (Wildman–Crippen MR) is 107 cm³/mol. The van der Waals surface area contributed by atoms with Gasteiger partial charge in [-0.15, -0.1) is 16.4 Å². The molecule has 148 valence electrons. The van der Waals surface area contributed by atoms with Gasteiger partial charge in [0.05, 0.1) is 12.0 Å². The highest BCUT2D eigenvalue weighted by Gasteiger charge is 2.32. The van der Waals surface area contributed by atoms with Crippen molar-refractivity contribution in [3.8, 4) is 0 Å². The molecule has 2 heterocycles. The van der Waals surface area contributed by atoms with Gasteiger partial charge in [0.15, 0.2) is 10.9 Å². The molecular formula is C20H29N3O3S. The lowest BCUT2D eigenvalue weighted by Gasteiger charge is -2.33. The van der Waals surface area contributed by atoms with Crippen LogP contribution in [0.3, 0.4) is 0 Å². The molecule has 2 aromatic rings. The largest absolute Gasteiger partial charge is 0.464 e. The molecule has 0 saturated heterocycles. The highest BCUT2D eigenvalue weighted by atomic mass is 32.1. The molecule has 6 nitrogen and oxygen atoms in total. The van der Waals surface area contributed by atoms with Crippen LogP contribution in [0.4, 0.5) is 0 Å². The Balaban J connectivity index is 1.92. The van der Waals surface area contributed by atoms with E-state index in [1.807, 2.05) is 6.92 Å². The first-order valence-corrected chi connectivity index (χ1v) is 10.6. The van der Waals surface area contributed by atoms with Crippen LogP contribution in [0, 0.1) is 11.3 Å². The van der Waals surface area contributed by atoms with E-state index in [9.17, 15) is 9.59 Å². The summed E-state index contributed by atoms with van der Waals surface area (Å²) in [5, 5.41) is 8.93. The zero-order chi connectivity index (χ0) is 19.8. The van der Waals surface area contributed by atoms with Crippen molar-refractivity contribution in [2.75, 3.05) is 6.61 Å². The number of aryl methyl sites for hydroxylation is 1. The lowest BCUT2D eigenvalue weighted by molar-refractivity contribution is -0.147. The van der Waals surface area contributed by atoms with E-state index in [0.29, 0.717) is 22.7 Å². The number of rotatable bonds is 5. The highest BCUT2D eigenvalue weighted by Crippen LogP contribution is 2.41. The van der Waals surface area contributed by atoms with Gasteiger partial charge in [-0.05, 0) is 49.5 Å². The number of aromatic nitrogens is 3. The number of ether oxygens (including phenoxy) is 1. The second-order valence-electron chi connectivity index (χ2n) is 8.53. The van der Waals surface area contributed by atoms with Gasteiger partial charge in [-0.25, -0.2) is 4.79 Å². The van der Waals surface area contributed by atoms with Gasteiger partial charge < -0.3 is 4.74 Å². The van der Waals surface area contributed by atoms with E-state index in [-0.39, 0.29) is 11.0 Å². The molecule has 27 heavy (non-hydrogen) atoms. The van der Waals surface area contributed by atoms with Crippen LogP contribution in [-0.4, -0.2) is 27.6 Å². The maximum atomic E-state index is 13.1. The fraction of sp³-hybridized carbons (Fsp3) is 0.700. The number of hydrogen-bond acceptors (Lipinski definition) is 6. The Morgan fingerprint density at radius 2 is 2.15 bits per heavy atom. The molecule has 3 rings (SSSR count). The molecule has 0 bridgehead atoms. The predicted octanol–water partition coefficient (Wildman–Crippen LogP) is 3.91. The maximum absolute atomic E-state index is 13.1. The van der Waals surface area contributed by atoms with E-state index < -0.39 is 12.0 Å². The van der Waals surface area contributed by atoms with Gasteiger partial charge in [-0.1, -0.05) is 39.3 Å². The third kappa shape index (κ3) is 3.93. The normalized spacial score (nSPS) is 18.3. The van der Waals surface area contributed by atoms with Gasteiger partial charge in [0.25, 0.3) is 5.56 Å². The van der Waals surface area contributed by atoms with Crippen molar-refractivity contribution in [1.82, 2.24) is 15.0 Å². The quantitative estimate of drug-likeness (QED) is 0.571. The number of unbranched alkanes of at least 4 members (excludes halogenated alkanes) is 1. The molecular weight excluding hydrogens is 362 g/mol. The number of carbonyl (C=O) groups excluding carboxylic acids is 1. The third-order valence-corrected chi connectivity index (χ3v) is 6.71. The Morgan fingerprint density at radius 1 is 1.41 bits per heavy atom. The molecule has 0 aliphatic heterocycles. The molecule has 0 N–H and O–H groups in total. The second-order valence-corrected chi connectivity index (χ2v) is 9.61. The molecule has 0 fully saturated rings. The van der Waals surface area contributed by atoms with Gasteiger partial charge in [-0.2, -0.15) is 4.68 Å². The molecule has 0 amide bonds. The Labute approximate surface area is 163 Å². The second kappa shape index (κ2) is 7.70. The maximum Gasteiger partial charge on any atom is 0.330 e. The standard InChI is InChI=1S/C20H29N3O3S/c1-6-7-10-26-19(25)12(2)23-18(24)16-14-9-8-13(20(3,4)5)11-15(14)27-17(16)21-22-23/h12-13H,6-11H2,1-5H3/t12-,13+/m1/s1. The van der Waals surface area contributed by atoms with Crippen molar-refractivity contribution in [1.29, 1.82) is 0 Å². The van der Waals surface area contributed by atoms with Gasteiger partial charge in [-0.3, -0.25) is 4.79 Å². The molecule has 0 saturated carbocycles. The molecule has 0 radical (unpaired) electrons. The number of fused-ring (bicyclic) bond motifs is 3. The molecule has 1 aliphatic carbocycles. The van der Waals surface area contributed by atoms with Crippen LogP contribution < -0.4 is 5.56 Å². The van der Waals surface area contributed by atoms with Crippen molar-refractivity contribution in [3.05, 3.63) is 20.8 Å². The third-order valence-electron chi connectivity index (χ3n) is 5.58. The number of esters is 1. The topological polar surface area (TPSA) is 74.1 Å². The first-order chi connectivity index (χ1) is 12.7. The van der Waals surface area contributed by atoms with Crippen LogP contribution in [0.25, 0.3) is 10.2 Å². The van der Waals surface area contributed by atoms with E-state index in [2.05, 4.69) is 31.1 Å². The van der Waals surface area contributed by atoms with Gasteiger partial charge in [0.1, 0.15) is 0 Å². The number of nitrogens with zero attached hydrogens (tertiary/aromatic N) is 3. The first kappa shape index (κ1) is 20.0. The van der Waals surface area contributed by atoms with E-state index in [0.717, 1.165) is 37.7 Å². The molecule has 0 aromatic carbocycles. The van der Waals surface area contributed by atoms with E-state index in [1.165, 1.54) is 9.56 Å². The van der Waals surface area contributed by atoms with Crippen molar-refractivity contribution in [2.45, 2.75) is 72.8 Å². The lowest BCUT2D eigenvalue weighted by atomic mass is 9.72.